The van der Waals surface area contributed by atoms with E-state index >= 15 is 0 Å². The summed E-state index contributed by atoms with van der Waals surface area (Å²) in [6.45, 7) is 23.0. The molecule has 0 saturated carbocycles. The molecule has 0 aromatic carbocycles. The highest BCUT2D eigenvalue weighted by Gasteiger charge is 2.53. The standard InChI is InChI=1S/C91H152N9O43P/c1-17-18-27-134-144(100(58(2)3)59(4)5)135-53-49-127-45-44-126-43-42-125-41-40-124-39-38-123-37-36-122-35-34-121-33-32-117-28-23-80(114)99-72(88(116)94-25-30-119-46-50-128-89-73(95-60(6)101)54-74(136-66(12)107)75(141-89)55-131-63(9)104)20-22-79(113)98-71(87(115)93-26-31-120-48-52-130-91-82(97-62(8)103)86(140-70(16)111)84(138-68(14)109)77(143-91)57-133-65(11)106)19-21-78(112)92-24-29-118-47-51-129-90-81(96-61(7)102)85(139-69(15)110)83(137-67(13)108)76(142-90)56-132-64(10)105/h1,58-59,71-77,81-86,89-91H,18-57H2,2-16H3,(H,92,112)(H,93,115)(H,94,116)(H,95,101)(H,96,102)(H,97,103)(H,98,113)(H,99,114). The number of nitrogens with zero attached hydrogens (tertiary/aromatic N) is 1. The third-order valence-corrected chi connectivity index (χ3v) is 22.0. The van der Waals surface area contributed by atoms with Gasteiger partial charge in [-0.15, -0.1) is 12.3 Å². The van der Waals surface area contributed by atoms with Gasteiger partial charge in [-0.2, -0.15) is 0 Å². The molecule has 52 nitrogen and oxygen atoms in total. The van der Waals surface area contributed by atoms with Crippen LogP contribution in [-0.2, 0) is 204 Å². The second-order valence-corrected chi connectivity index (χ2v) is 34.2. The molecule has 3 heterocycles. The molecule has 3 aliphatic rings. The van der Waals surface area contributed by atoms with Gasteiger partial charge in [-0.05, 0) is 40.5 Å². The molecule has 53 heteroatoms. The highest BCUT2D eigenvalue weighted by atomic mass is 31.2. The van der Waals surface area contributed by atoms with Crippen molar-refractivity contribution < 1.29 is 204 Å². The lowest BCUT2D eigenvalue weighted by Crippen LogP contribution is -2.66. The van der Waals surface area contributed by atoms with Crippen LogP contribution in [0.5, 0.6) is 0 Å². The summed E-state index contributed by atoms with van der Waals surface area (Å²) in [5, 5.41) is 21.1. The summed E-state index contributed by atoms with van der Waals surface area (Å²) in [6, 6.07) is -5.75. The van der Waals surface area contributed by atoms with Gasteiger partial charge in [0, 0.05) is 140 Å². The smallest absolute Gasteiger partial charge is 0.303 e. The van der Waals surface area contributed by atoms with E-state index in [0.29, 0.717) is 92.3 Å². The molecule has 0 spiro atoms. The lowest BCUT2D eigenvalue weighted by molar-refractivity contribution is -0.279. The van der Waals surface area contributed by atoms with Crippen LogP contribution in [0, 0.1) is 12.3 Å². The van der Waals surface area contributed by atoms with E-state index < -0.39 is 221 Å². The van der Waals surface area contributed by atoms with Crippen LogP contribution in [0.3, 0.4) is 0 Å². The van der Waals surface area contributed by atoms with Crippen LogP contribution in [0.25, 0.3) is 0 Å². The number of amides is 8. The van der Waals surface area contributed by atoms with Crippen molar-refractivity contribution in [1.29, 1.82) is 0 Å². The van der Waals surface area contributed by atoms with E-state index in [4.69, 9.17) is 134 Å². The summed E-state index contributed by atoms with van der Waals surface area (Å²) in [5.74, 6) is -8.73. The number of carbonyl (C=O) groups is 16. The largest absolute Gasteiger partial charge is 0.463 e. The number of nitrogens with one attached hydrogen (secondary N) is 8. The maximum absolute atomic E-state index is 14.2. The summed E-state index contributed by atoms with van der Waals surface area (Å²) < 4.78 is 155. The lowest BCUT2D eigenvalue weighted by Gasteiger charge is -2.44. The summed E-state index contributed by atoms with van der Waals surface area (Å²) in [4.78, 5) is 203. The maximum Gasteiger partial charge on any atom is 0.303 e. The number of ether oxygens (including phenoxy) is 25. The first-order chi connectivity index (χ1) is 68.8. The Kier molecular flexibility index (Phi) is 69.0. The molecule has 0 radical (unpaired) electrons. The van der Waals surface area contributed by atoms with Gasteiger partial charge in [-0.25, -0.2) is 4.67 Å². The summed E-state index contributed by atoms with van der Waals surface area (Å²) >= 11 is 0. The van der Waals surface area contributed by atoms with Gasteiger partial charge in [0.05, 0.1) is 184 Å². The summed E-state index contributed by atoms with van der Waals surface area (Å²) in [6.07, 6.45) is -9.79. The van der Waals surface area contributed by atoms with E-state index in [1.807, 2.05) is 0 Å². The van der Waals surface area contributed by atoms with Gasteiger partial charge in [0.25, 0.3) is 8.53 Å². The first-order valence-electron chi connectivity index (χ1n) is 47.7. The van der Waals surface area contributed by atoms with Gasteiger partial charge in [0.2, 0.25) is 47.3 Å². The van der Waals surface area contributed by atoms with Crippen molar-refractivity contribution >= 4 is 104 Å². The predicted octanol–water partition coefficient (Wildman–Crippen LogP) is -1.68. The minimum atomic E-state index is -1.45. The zero-order valence-corrected chi connectivity index (χ0v) is 86.1. The van der Waals surface area contributed by atoms with Gasteiger partial charge in [-0.3, -0.25) is 76.7 Å². The van der Waals surface area contributed by atoms with Gasteiger partial charge in [-0.1, -0.05) is 0 Å². The Hall–Kier alpha value is -9.29. The molecule has 3 aliphatic heterocycles. The second-order valence-electron chi connectivity index (χ2n) is 32.7. The summed E-state index contributed by atoms with van der Waals surface area (Å²) in [7, 11) is -1.28. The predicted molar refractivity (Wildman–Crippen MR) is 498 cm³/mol. The molecule has 3 rings (SSSR count). The Morgan fingerprint density at radius 1 is 0.340 bits per heavy atom. The SMILES string of the molecule is C#CCCOP(OCCOCCOCCOCCOCCOCCOCCOCCOCCC(=O)NC(CCC(=O)NC(CCC(=O)NCCOCCOC1OC(COC(C)=O)C(OC(C)=O)C(OC(C)=O)C1NC(C)=O)C(=O)NCCOCCOC1OC(COC(C)=O)C(OC(C)=O)C(OC(C)=O)C1NC(C)=O)C(=O)NCCOCCOC1OC(COC(C)=O)C(OC(C)=O)CC1NC(C)=O)N(C(C)C)C(C)C. The van der Waals surface area contributed by atoms with Crippen molar-refractivity contribution in [3.05, 3.63) is 0 Å². The molecule has 3 fully saturated rings. The Morgan fingerprint density at radius 2 is 0.653 bits per heavy atom. The van der Waals surface area contributed by atoms with E-state index in [1.165, 1.54) is 27.7 Å². The fourth-order valence-electron chi connectivity index (χ4n) is 14.0. The fraction of sp³-hybridized carbons (Fsp3) is 0.802. The molecule has 8 amide bonds. The first kappa shape index (κ1) is 129. The Bertz CT molecular complexity index is 3830. The molecule has 0 aliphatic carbocycles. The van der Waals surface area contributed by atoms with E-state index in [-0.39, 0.29) is 163 Å². The average Bonchev–Trinajstić information content (AvgIpc) is 0.788. The zero-order chi connectivity index (χ0) is 107. The number of hydrogen-bond acceptors (Lipinski definition) is 44. The quantitative estimate of drug-likeness (QED) is 0.0111. The van der Waals surface area contributed by atoms with Crippen LogP contribution in [0.1, 0.15) is 149 Å². The van der Waals surface area contributed by atoms with Crippen LogP contribution in [-0.4, -0.2) is 428 Å². The van der Waals surface area contributed by atoms with Gasteiger partial charge >= 0.3 is 47.8 Å². The minimum Gasteiger partial charge on any atom is -0.463 e. The normalized spacial score (nSPS) is 20.9. The minimum absolute atomic E-state index is 0.0392. The van der Waals surface area contributed by atoms with Gasteiger partial charge in [0.1, 0.15) is 68.4 Å². The highest BCUT2D eigenvalue weighted by Crippen LogP contribution is 2.46. The highest BCUT2D eigenvalue weighted by molar-refractivity contribution is 7.44. The molecule has 0 bridgehead atoms. The third kappa shape index (κ3) is 59.5. The molecule has 144 heavy (non-hydrogen) atoms. The molecule has 3 saturated heterocycles. The van der Waals surface area contributed by atoms with Crippen LogP contribution in [0.15, 0.2) is 0 Å². The van der Waals surface area contributed by atoms with E-state index in [9.17, 15) is 76.7 Å². The van der Waals surface area contributed by atoms with E-state index in [2.05, 4.69) is 80.8 Å². The van der Waals surface area contributed by atoms with Gasteiger partial charge in [0.15, 0.2) is 43.3 Å². The van der Waals surface area contributed by atoms with Crippen molar-refractivity contribution in [2.75, 3.05) is 218 Å². The molecular weight excluding hydrogens is 1940 g/mol. The van der Waals surface area contributed by atoms with E-state index in [0.717, 1.165) is 48.5 Å². The number of terminal acetylenes is 1. The van der Waals surface area contributed by atoms with Crippen molar-refractivity contribution in [2.45, 2.75) is 259 Å². The molecule has 17 atom stereocenters. The first-order valence-corrected chi connectivity index (χ1v) is 48.9. The third-order valence-electron chi connectivity index (χ3n) is 19.9. The Morgan fingerprint density at radius 3 is 1.01 bits per heavy atom. The van der Waals surface area contributed by atoms with E-state index in [1.54, 1.807) is 0 Å². The topological polar surface area (TPSA) is 622 Å². The molecule has 8 N–H and O–H groups in total. The molecule has 17 unspecified atom stereocenters. The van der Waals surface area contributed by atoms with Gasteiger partial charge < -0.3 is 170 Å². The van der Waals surface area contributed by atoms with Crippen molar-refractivity contribution in [3.8, 4) is 12.3 Å². The van der Waals surface area contributed by atoms with Crippen LogP contribution in [0.4, 0.5) is 0 Å². The molecule has 0 aromatic rings. The van der Waals surface area contributed by atoms with Crippen LogP contribution in [0.2, 0.25) is 0 Å². The number of carbonyl (C=O) groups excluding carboxylic acids is 16. The molecule has 824 valence electrons. The zero-order valence-electron chi connectivity index (χ0n) is 85.2. The van der Waals surface area contributed by atoms with Crippen LogP contribution >= 0.6 is 8.53 Å². The van der Waals surface area contributed by atoms with Crippen LogP contribution < -0.4 is 42.5 Å². The number of rotatable bonds is 79. The van der Waals surface area contributed by atoms with Crippen molar-refractivity contribution in [1.82, 2.24) is 47.2 Å². The maximum atomic E-state index is 14.2. The van der Waals surface area contributed by atoms with Crippen molar-refractivity contribution in [2.24, 2.45) is 0 Å². The van der Waals surface area contributed by atoms with Crippen molar-refractivity contribution in [3.63, 3.8) is 0 Å². The lowest BCUT2D eigenvalue weighted by atomic mass is 9.96. The monoisotopic (exact) mass is 2090 g/mol. The second kappa shape index (κ2) is 77.1. The fourth-order valence-corrected chi connectivity index (χ4v) is 15.5. The summed E-state index contributed by atoms with van der Waals surface area (Å²) in [5.41, 5.74) is 0. The number of esters is 8. The average molecular weight is 2090 g/mol. The Balaban J connectivity index is 1.67. The Labute approximate surface area is 840 Å². The molecular formula is C91H152N9O43P. The number of hydrogen-bond donors (Lipinski definition) is 8. The molecule has 0 aromatic heterocycles.